The third-order valence-corrected chi connectivity index (χ3v) is 3.19. The second-order valence-electron chi connectivity index (χ2n) is 4.62. The van der Waals surface area contributed by atoms with E-state index in [2.05, 4.69) is 10.1 Å². The van der Waals surface area contributed by atoms with Crippen LogP contribution in [0.3, 0.4) is 0 Å². The molecule has 0 aromatic carbocycles. The van der Waals surface area contributed by atoms with Crippen molar-refractivity contribution in [1.29, 1.82) is 0 Å². The molecule has 0 radical (unpaired) electrons. The minimum absolute atomic E-state index is 0. The fourth-order valence-corrected chi connectivity index (χ4v) is 2.22. The number of rotatable bonds is 4. The van der Waals surface area contributed by atoms with Crippen molar-refractivity contribution in [3.63, 3.8) is 0 Å². The summed E-state index contributed by atoms with van der Waals surface area (Å²) >= 11 is 0. The third kappa shape index (κ3) is 3.40. The van der Waals surface area contributed by atoms with Crippen LogP contribution in [-0.2, 0) is 11.3 Å². The standard InChI is InChI=1S/C13H17N3O3.ClH/c14-7-11-9-16(3-5-17-11)8-10-6-13(19-15-10)12-2-1-4-18-12;/h1-2,4,6,11H,3,5,7-9,14H2;1H. The van der Waals surface area contributed by atoms with E-state index < -0.39 is 0 Å². The molecule has 20 heavy (non-hydrogen) atoms. The van der Waals surface area contributed by atoms with Crippen LogP contribution in [0.5, 0.6) is 0 Å². The molecule has 0 amide bonds. The Morgan fingerprint density at radius 3 is 3.05 bits per heavy atom. The SMILES string of the molecule is Cl.NCC1CN(Cc2cc(-c3ccco3)on2)CCO1. The van der Waals surface area contributed by atoms with Crippen LogP contribution in [0.1, 0.15) is 5.69 Å². The molecule has 1 fully saturated rings. The monoisotopic (exact) mass is 299 g/mol. The molecule has 1 atom stereocenters. The van der Waals surface area contributed by atoms with Crippen molar-refractivity contribution in [1.82, 2.24) is 10.1 Å². The second-order valence-corrected chi connectivity index (χ2v) is 4.62. The zero-order valence-corrected chi connectivity index (χ0v) is 11.8. The van der Waals surface area contributed by atoms with Gasteiger partial charge in [-0.15, -0.1) is 12.4 Å². The van der Waals surface area contributed by atoms with Gasteiger partial charge in [0.1, 0.15) is 0 Å². The van der Waals surface area contributed by atoms with E-state index >= 15 is 0 Å². The van der Waals surface area contributed by atoms with E-state index in [-0.39, 0.29) is 18.5 Å². The van der Waals surface area contributed by atoms with Crippen molar-refractivity contribution in [2.24, 2.45) is 5.73 Å². The maximum atomic E-state index is 5.63. The highest BCUT2D eigenvalue weighted by Gasteiger charge is 2.20. The molecule has 1 unspecified atom stereocenters. The number of morpholine rings is 1. The highest BCUT2D eigenvalue weighted by molar-refractivity contribution is 5.85. The molecule has 1 aliphatic rings. The molecule has 3 rings (SSSR count). The molecular formula is C13H18ClN3O3. The Bertz CT molecular complexity index is 515. The number of nitrogens with two attached hydrogens (primary N) is 1. The molecule has 3 heterocycles. The first-order valence-corrected chi connectivity index (χ1v) is 6.38. The summed E-state index contributed by atoms with van der Waals surface area (Å²) in [5, 5.41) is 4.07. The van der Waals surface area contributed by atoms with Gasteiger partial charge < -0.3 is 19.4 Å². The van der Waals surface area contributed by atoms with E-state index in [9.17, 15) is 0 Å². The van der Waals surface area contributed by atoms with E-state index in [4.69, 9.17) is 19.4 Å². The summed E-state index contributed by atoms with van der Waals surface area (Å²) in [5.41, 5.74) is 6.52. The largest absolute Gasteiger partial charge is 0.461 e. The number of hydrogen-bond acceptors (Lipinski definition) is 6. The maximum Gasteiger partial charge on any atom is 0.202 e. The van der Waals surface area contributed by atoms with Crippen molar-refractivity contribution < 1.29 is 13.7 Å². The van der Waals surface area contributed by atoms with Crippen LogP contribution >= 0.6 is 12.4 Å². The number of furan rings is 1. The minimum atomic E-state index is 0. The van der Waals surface area contributed by atoms with Gasteiger partial charge in [0, 0.05) is 32.2 Å². The molecule has 1 saturated heterocycles. The number of ether oxygens (including phenoxy) is 1. The first kappa shape index (κ1) is 15.1. The van der Waals surface area contributed by atoms with Crippen LogP contribution < -0.4 is 5.73 Å². The lowest BCUT2D eigenvalue weighted by Crippen LogP contribution is -2.45. The molecule has 0 spiro atoms. The lowest BCUT2D eigenvalue weighted by Gasteiger charge is -2.31. The van der Waals surface area contributed by atoms with Crippen LogP contribution in [0.25, 0.3) is 11.5 Å². The summed E-state index contributed by atoms with van der Waals surface area (Å²) in [5.74, 6) is 1.35. The summed E-state index contributed by atoms with van der Waals surface area (Å²) in [6, 6.07) is 5.58. The number of nitrogens with zero attached hydrogens (tertiary/aromatic N) is 2. The minimum Gasteiger partial charge on any atom is -0.461 e. The van der Waals surface area contributed by atoms with Gasteiger partial charge in [-0.25, -0.2) is 0 Å². The van der Waals surface area contributed by atoms with E-state index in [0.717, 1.165) is 25.3 Å². The Hall–Kier alpha value is -1.34. The number of halogens is 1. The quantitative estimate of drug-likeness (QED) is 0.922. The van der Waals surface area contributed by atoms with E-state index in [0.29, 0.717) is 24.7 Å². The molecule has 0 saturated carbocycles. The number of aromatic nitrogens is 1. The van der Waals surface area contributed by atoms with Gasteiger partial charge in [-0.05, 0) is 12.1 Å². The second kappa shape index (κ2) is 6.90. The van der Waals surface area contributed by atoms with Crippen molar-refractivity contribution in [3.8, 4) is 11.5 Å². The average molecular weight is 300 g/mol. The fraction of sp³-hybridized carbons (Fsp3) is 0.462. The summed E-state index contributed by atoms with van der Waals surface area (Å²) in [7, 11) is 0. The summed E-state index contributed by atoms with van der Waals surface area (Å²) in [6.07, 6.45) is 1.73. The van der Waals surface area contributed by atoms with Gasteiger partial charge in [0.2, 0.25) is 5.76 Å². The van der Waals surface area contributed by atoms with Gasteiger partial charge in [-0.3, -0.25) is 4.90 Å². The van der Waals surface area contributed by atoms with Crippen LogP contribution in [0, 0.1) is 0 Å². The molecule has 6 nitrogen and oxygen atoms in total. The Morgan fingerprint density at radius 1 is 1.40 bits per heavy atom. The fourth-order valence-electron chi connectivity index (χ4n) is 2.22. The van der Waals surface area contributed by atoms with Crippen molar-refractivity contribution >= 4 is 12.4 Å². The lowest BCUT2D eigenvalue weighted by molar-refractivity contribution is -0.0266. The zero-order valence-electron chi connectivity index (χ0n) is 11.0. The Kier molecular flexibility index (Phi) is 5.19. The molecule has 1 aliphatic heterocycles. The maximum absolute atomic E-state index is 5.63. The molecular weight excluding hydrogens is 282 g/mol. The van der Waals surface area contributed by atoms with E-state index in [1.165, 1.54) is 0 Å². The number of hydrogen-bond donors (Lipinski definition) is 1. The van der Waals surface area contributed by atoms with Crippen LogP contribution in [-0.4, -0.2) is 42.4 Å². The van der Waals surface area contributed by atoms with Gasteiger partial charge in [0.05, 0.1) is 24.7 Å². The van der Waals surface area contributed by atoms with E-state index in [1.54, 1.807) is 6.26 Å². The topological polar surface area (TPSA) is 77.7 Å². The third-order valence-electron chi connectivity index (χ3n) is 3.19. The van der Waals surface area contributed by atoms with Gasteiger partial charge in [0.15, 0.2) is 5.76 Å². The van der Waals surface area contributed by atoms with Crippen LogP contribution in [0.15, 0.2) is 33.4 Å². The van der Waals surface area contributed by atoms with Crippen LogP contribution in [0.4, 0.5) is 0 Å². The molecule has 2 N–H and O–H groups in total. The Balaban J connectivity index is 0.00000147. The predicted octanol–water partition coefficient (Wildman–Crippen LogP) is 1.52. The molecule has 7 heteroatoms. The summed E-state index contributed by atoms with van der Waals surface area (Å²) in [4.78, 5) is 2.27. The molecule has 0 bridgehead atoms. The van der Waals surface area contributed by atoms with Gasteiger partial charge in [-0.2, -0.15) is 0 Å². The summed E-state index contributed by atoms with van der Waals surface area (Å²) in [6.45, 7) is 3.72. The summed E-state index contributed by atoms with van der Waals surface area (Å²) < 4.78 is 16.1. The first-order chi connectivity index (χ1) is 9.35. The van der Waals surface area contributed by atoms with Crippen molar-refractivity contribution in [2.45, 2.75) is 12.6 Å². The van der Waals surface area contributed by atoms with Crippen molar-refractivity contribution in [2.75, 3.05) is 26.2 Å². The molecule has 0 aliphatic carbocycles. The highest BCUT2D eigenvalue weighted by atomic mass is 35.5. The smallest absolute Gasteiger partial charge is 0.202 e. The molecule has 2 aromatic rings. The predicted molar refractivity (Wildman–Crippen MR) is 75.5 cm³/mol. The van der Waals surface area contributed by atoms with Gasteiger partial charge >= 0.3 is 0 Å². The zero-order chi connectivity index (χ0) is 13.1. The Labute approximate surface area is 123 Å². The normalized spacial score (nSPS) is 19.8. The Morgan fingerprint density at radius 2 is 2.30 bits per heavy atom. The van der Waals surface area contributed by atoms with Gasteiger partial charge in [-0.1, -0.05) is 5.16 Å². The highest BCUT2D eigenvalue weighted by Crippen LogP contribution is 2.21. The van der Waals surface area contributed by atoms with Gasteiger partial charge in [0.25, 0.3) is 0 Å². The van der Waals surface area contributed by atoms with Crippen LogP contribution in [0.2, 0.25) is 0 Å². The first-order valence-electron chi connectivity index (χ1n) is 6.38. The average Bonchev–Trinajstić information content (AvgIpc) is 3.09. The van der Waals surface area contributed by atoms with Crippen molar-refractivity contribution in [3.05, 3.63) is 30.2 Å². The molecule has 110 valence electrons. The molecule has 2 aromatic heterocycles. The lowest BCUT2D eigenvalue weighted by atomic mass is 10.2. The van der Waals surface area contributed by atoms with E-state index in [1.807, 2.05) is 18.2 Å².